The van der Waals surface area contributed by atoms with E-state index in [1.807, 2.05) is 36.5 Å². The van der Waals surface area contributed by atoms with E-state index in [9.17, 15) is 4.79 Å². The molecule has 0 N–H and O–H groups in total. The Labute approximate surface area is 87.5 Å². The summed E-state index contributed by atoms with van der Waals surface area (Å²) < 4.78 is 2.11. The second-order valence-electron chi connectivity index (χ2n) is 3.72. The lowest BCUT2D eigenvalue weighted by Gasteiger charge is -2.05. The van der Waals surface area contributed by atoms with Gasteiger partial charge in [0.2, 0.25) is 11.2 Å². The van der Waals surface area contributed by atoms with Gasteiger partial charge in [-0.2, -0.15) is 4.40 Å². The van der Waals surface area contributed by atoms with Gasteiger partial charge in [0, 0.05) is 36.3 Å². The molecule has 0 radical (unpaired) electrons. The number of hydrogen-bond acceptors (Lipinski definition) is 1. The van der Waals surface area contributed by atoms with Crippen molar-refractivity contribution in [2.45, 2.75) is 6.42 Å². The molecule has 0 atom stereocenters. The predicted octanol–water partition coefficient (Wildman–Crippen LogP) is 1.56. The molecule has 0 saturated carbocycles. The van der Waals surface area contributed by atoms with Crippen molar-refractivity contribution in [3.05, 3.63) is 53.9 Å². The van der Waals surface area contributed by atoms with Gasteiger partial charge >= 0.3 is 0 Å². The average molecular weight is 196 g/mol. The van der Waals surface area contributed by atoms with Gasteiger partial charge in [0.15, 0.2) is 12.0 Å². The first-order chi connectivity index (χ1) is 7.34. The van der Waals surface area contributed by atoms with Gasteiger partial charge in [0.25, 0.3) is 0 Å². The van der Waals surface area contributed by atoms with Crippen LogP contribution >= 0.6 is 0 Å². The van der Waals surface area contributed by atoms with Gasteiger partial charge in [-0.3, -0.25) is 4.79 Å². The normalized spacial score (nSPS) is 14.3. The summed E-state index contributed by atoms with van der Waals surface area (Å²) in [5.74, 6) is 0.179. The van der Waals surface area contributed by atoms with Crippen LogP contribution in [0.2, 0.25) is 0 Å². The van der Waals surface area contributed by atoms with Crippen molar-refractivity contribution in [2.75, 3.05) is 0 Å². The highest BCUT2D eigenvalue weighted by molar-refractivity contribution is 5.97. The highest BCUT2D eigenvalue weighted by Gasteiger charge is 2.18. The average Bonchev–Trinajstić information content (AvgIpc) is 2.28. The number of ketones is 1. The fraction of sp³-hybridized carbons (Fsp3) is 0.0769. The molecule has 0 fully saturated rings. The number of rotatable bonds is 0. The Morgan fingerprint density at radius 1 is 1.07 bits per heavy atom. The number of carbonyl (C=O) groups is 1. The van der Waals surface area contributed by atoms with Crippen LogP contribution in [-0.4, -0.2) is 5.78 Å². The summed E-state index contributed by atoms with van der Waals surface area (Å²) in [5, 5.41) is 0. The first-order valence-corrected chi connectivity index (χ1v) is 4.98. The lowest BCUT2D eigenvalue weighted by molar-refractivity contribution is -0.514. The Balaban J connectivity index is 2.37. The zero-order chi connectivity index (χ0) is 10.3. The van der Waals surface area contributed by atoms with Crippen LogP contribution in [0.15, 0.2) is 42.6 Å². The summed E-state index contributed by atoms with van der Waals surface area (Å²) in [6.45, 7) is 0. The first-order valence-electron chi connectivity index (χ1n) is 4.98. The number of pyridine rings is 2. The molecule has 0 amide bonds. The minimum Gasteiger partial charge on any atom is -0.294 e. The number of nitrogens with zero attached hydrogens (tertiary/aromatic N) is 1. The Morgan fingerprint density at radius 3 is 2.93 bits per heavy atom. The molecule has 2 heterocycles. The molecule has 0 aliphatic heterocycles. The molecular weight excluding hydrogens is 186 g/mol. The molecule has 2 heteroatoms. The van der Waals surface area contributed by atoms with Gasteiger partial charge in [0.05, 0.1) is 0 Å². The van der Waals surface area contributed by atoms with Crippen molar-refractivity contribution < 1.29 is 9.20 Å². The number of hydrogen-bond donors (Lipinski definition) is 0. The SMILES string of the molecule is O=C1C=Cc2c(ccc3cccc[n+]23)C1. The van der Waals surface area contributed by atoms with Crippen molar-refractivity contribution in [3.63, 3.8) is 0 Å². The third kappa shape index (κ3) is 1.26. The summed E-state index contributed by atoms with van der Waals surface area (Å²) in [6.07, 6.45) is 6.09. The second kappa shape index (κ2) is 3.02. The van der Waals surface area contributed by atoms with Crippen molar-refractivity contribution in [3.8, 4) is 0 Å². The minimum atomic E-state index is 0.179. The quantitative estimate of drug-likeness (QED) is 0.586. The third-order valence-electron chi connectivity index (χ3n) is 2.73. The molecule has 1 aliphatic carbocycles. The molecule has 1 aliphatic rings. The van der Waals surface area contributed by atoms with Crippen LogP contribution in [0.25, 0.3) is 11.6 Å². The predicted molar refractivity (Wildman–Crippen MR) is 57.3 cm³/mol. The maximum atomic E-state index is 11.3. The number of allylic oxidation sites excluding steroid dienone is 1. The van der Waals surface area contributed by atoms with E-state index in [1.54, 1.807) is 6.08 Å². The summed E-state index contributed by atoms with van der Waals surface area (Å²) >= 11 is 0. The van der Waals surface area contributed by atoms with E-state index in [0.29, 0.717) is 6.42 Å². The Morgan fingerprint density at radius 2 is 2.00 bits per heavy atom. The smallest absolute Gasteiger partial charge is 0.214 e. The van der Waals surface area contributed by atoms with Crippen LogP contribution in [0.1, 0.15) is 11.3 Å². The molecule has 15 heavy (non-hydrogen) atoms. The van der Waals surface area contributed by atoms with Crippen LogP contribution in [0, 0.1) is 0 Å². The van der Waals surface area contributed by atoms with Gasteiger partial charge in [-0.25, -0.2) is 0 Å². The van der Waals surface area contributed by atoms with Gasteiger partial charge in [0.1, 0.15) is 0 Å². The lowest BCUT2D eigenvalue weighted by atomic mass is 10.0. The first kappa shape index (κ1) is 8.36. The van der Waals surface area contributed by atoms with E-state index >= 15 is 0 Å². The maximum absolute atomic E-state index is 11.3. The zero-order valence-corrected chi connectivity index (χ0v) is 8.18. The molecule has 3 rings (SSSR count). The van der Waals surface area contributed by atoms with Crippen LogP contribution in [0.4, 0.5) is 0 Å². The molecule has 2 aromatic rings. The summed E-state index contributed by atoms with van der Waals surface area (Å²) in [5.41, 5.74) is 3.37. The Hall–Kier alpha value is -1.96. The molecular formula is C13H10NO+. The lowest BCUT2D eigenvalue weighted by Crippen LogP contribution is -2.28. The highest BCUT2D eigenvalue weighted by Crippen LogP contribution is 2.14. The fourth-order valence-electron chi connectivity index (χ4n) is 1.99. The van der Waals surface area contributed by atoms with Crippen molar-refractivity contribution in [2.24, 2.45) is 0 Å². The standard InChI is InChI=1S/C13H10NO/c15-12-6-7-13-10(9-12)4-5-11-3-1-2-8-14(11)13/h1-8H,9H2/q+1. The fourth-order valence-corrected chi connectivity index (χ4v) is 1.99. The van der Waals surface area contributed by atoms with E-state index in [1.165, 1.54) is 0 Å². The van der Waals surface area contributed by atoms with Crippen LogP contribution in [-0.2, 0) is 11.2 Å². The Kier molecular flexibility index (Phi) is 1.68. The van der Waals surface area contributed by atoms with E-state index < -0.39 is 0 Å². The van der Waals surface area contributed by atoms with E-state index in [0.717, 1.165) is 16.8 Å². The number of carbonyl (C=O) groups excluding carboxylic acids is 1. The van der Waals surface area contributed by atoms with E-state index in [-0.39, 0.29) is 5.78 Å². The van der Waals surface area contributed by atoms with Crippen molar-refractivity contribution in [1.29, 1.82) is 0 Å². The number of fused-ring (bicyclic) bond motifs is 3. The van der Waals surface area contributed by atoms with Gasteiger partial charge in [-0.15, -0.1) is 0 Å². The highest BCUT2D eigenvalue weighted by atomic mass is 16.1. The molecule has 2 aromatic heterocycles. The van der Waals surface area contributed by atoms with Gasteiger partial charge in [-0.05, 0) is 18.2 Å². The van der Waals surface area contributed by atoms with Crippen LogP contribution < -0.4 is 4.40 Å². The molecule has 0 unspecified atom stereocenters. The molecule has 2 nitrogen and oxygen atoms in total. The molecule has 72 valence electrons. The second-order valence-corrected chi connectivity index (χ2v) is 3.72. The van der Waals surface area contributed by atoms with Crippen molar-refractivity contribution >= 4 is 17.4 Å². The maximum Gasteiger partial charge on any atom is 0.214 e. The van der Waals surface area contributed by atoms with Gasteiger partial charge in [-0.1, -0.05) is 0 Å². The van der Waals surface area contributed by atoms with E-state index in [4.69, 9.17) is 0 Å². The number of aromatic nitrogens is 1. The van der Waals surface area contributed by atoms with E-state index in [2.05, 4.69) is 10.5 Å². The molecule has 0 aromatic carbocycles. The van der Waals surface area contributed by atoms with Crippen LogP contribution in [0.5, 0.6) is 0 Å². The molecule has 0 bridgehead atoms. The largest absolute Gasteiger partial charge is 0.294 e. The summed E-state index contributed by atoms with van der Waals surface area (Å²) in [4.78, 5) is 11.3. The van der Waals surface area contributed by atoms with Gasteiger partial charge < -0.3 is 0 Å². The third-order valence-corrected chi connectivity index (χ3v) is 2.73. The minimum absolute atomic E-state index is 0.179. The van der Waals surface area contributed by atoms with Crippen LogP contribution in [0.3, 0.4) is 0 Å². The summed E-state index contributed by atoms with van der Waals surface area (Å²) in [6, 6.07) is 10.2. The van der Waals surface area contributed by atoms with Crippen molar-refractivity contribution in [1.82, 2.24) is 0 Å². The summed E-state index contributed by atoms with van der Waals surface area (Å²) in [7, 11) is 0. The monoisotopic (exact) mass is 196 g/mol. The topological polar surface area (TPSA) is 21.2 Å². The molecule has 0 saturated heterocycles. The molecule has 0 spiro atoms. The zero-order valence-electron chi connectivity index (χ0n) is 8.18. The Bertz CT molecular complexity index is 584.